The van der Waals surface area contributed by atoms with Gasteiger partial charge in [0.2, 0.25) is 0 Å². The minimum Gasteiger partial charge on any atom is -0.496 e. The van der Waals surface area contributed by atoms with Gasteiger partial charge in [-0.15, -0.1) is 0 Å². The molecule has 1 aromatic heterocycles. The van der Waals surface area contributed by atoms with Crippen molar-refractivity contribution in [1.82, 2.24) is 9.88 Å². The van der Waals surface area contributed by atoms with Crippen molar-refractivity contribution in [3.63, 3.8) is 0 Å². The van der Waals surface area contributed by atoms with Crippen molar-refractivity contribution >= 4 is 34.9 Å². The van der Waals surface area contributed by atoms with Gasteiger partial charge in [0.1, 0.15) is 17.7 Å². The van der Waals surface area contributed by atoms with Gasteiger partial charge in [0.15, 0.2) is 11.6 Å². The number of nitrogens with zero attached hydrogens (tertiary/aromatic N) is 2. The summed E-state index contributed by atoms with van der Waals surface area (Å²) in [6, 6.07) is 9.73. The van der Waals surface area contributed by atoms with Gasteiger partial charge < -0.3 is 20.1 Å². The zero-order chi connectivity index (χ0) is 25.1. The van der Waals surface area contributed by atoms with Crippen LogP contribution < -0.4 is 15.2 Å². The second-order valence-electron chi connectivity index (χ2n) is 8.39. The molecular formula is C26H26Cl2FN3O3. The first-order valence-corrected chi connectivity index (χ1v) is 12.1. The van der Waals surface area contributed by atoms with Crippen LogP contribution in [0.1, 0.15) is 48.2 Å². The molecule has 1 atom stereocenters. The number of methoxy groups -OCH3 is 1. The largest absolute Gasteiger partial charge is 0.496 e. The fourth-order valence-electron chi connectivity index (χ4n) is 4.19. The molecule has 1 amide bonds. The molecular weight excluding hydrogens is 492 g/mol. The van der Waals surface area contributed by atoms with E-state index >= 15 is 0 Å². The SMILES string of the molecule is COc1cc(-c2cnc(N)c(OC(C)c3c(Cl)ccc(F)c3Cl)c2)ccc1C(=O)N1CCCCC1. The third-order valence-electron chi connectivity index (χ3n) is 6.08. The molecule has 1 fully saturated rings. The number of hydrogen-bond donors (Lipinski definition) is 1. The van der Waals surface area contributed by atoms with E-state index in [4.69, 9.17) is 38.4 Å². The molecule has 1 aliphatic heterocycles. The molecule has 6 nitrogen and oxygen atoms in total. The Labute approximate surface area is 213 Å². The van der Waals surface area contributed by atoms with E-state index < -0.39 is 11.9 Å². The molecule has 1 aliphatic rings. The number of hydrogen-bond acceptors (Lipinski definition) is 5. The number of piperidine rings is 1. The Morgan fingerprint density at radius 2 is 1.80 bits per heavy atom. The van der Waals surface area contributed by atoms with Gasteiger partial charge in [-0.05, 0) is 62.1 Å². The van der Waals surface area contributed by atoms with Crippen molar-refractivity contribution in [2.45, 2.75) is 32.3 Å². The number of carbonyl (C=O) groups excluding carboxylic acids is 1. The Bertz CT molecular complexity index is 1250. The van der Waals surface area contributed by atoms with Gasteiger partial charge in [-0.25, -0.2) is 9.37 Å². The summed E-state index contributed by atoms with van der Waals surface area (Å²) >= 11 is 12.4. The van der Waals surface area contributed by atoms with Crippen LogP contribution in [0.3, 0.4) is 0 Å². The highest BCUT2D eigenvalue weighted by atomic mass is 35.5. The van der Waals surface area contributed by atoms with E-state index in [-0.39, 0.29) is 21.8 Å². The number of amides is 1. The summed E-state index contributed by atoms with van der Waals surface area (Å²) in [5, 5.41) is 0.177. The summed E-state index contributed by atoms with van der Waals surface area (Å²) in [5.41, 5.74) is 8.36. The van der Waals surface area contributed by atoms with Crippen LogP contribution in [0.15, 0.2) is 42.6 Å². The summed E-state index contributed by atoms with van der Waals surface area (Å²) in [5.74, 6) is 0.300. The highest BCUT2D eigenvalue weighted by molar-refractivity contribution is 6.36. The van der Waals surface area contributed by atoms with Gasteiger partial charge in [-0.1, -0.05) is 29.3 Å². The maximum Gasteiger partial charge on any atom is 0.257 e. The summed E-state index contributed by atoms with van der Waals surface area (Å²) < 4.78 is 25.5. The third kappa shape index (κ3) is 5.31. The van der Waals surface area contributed by atoms with Gasteiger partial charge >= 0.3 is 0 Å². The van der Waals surface area contributed by atoms with Gasteiger partial charge in [0.05, 0.1) is 17.7 Å². The van der Waals surface area contributed by atoms with Crippen LogP contribution in [0, 0.1) is 5.82 Å². The lowest BCUT2D eigenvalue weighted by Gasteiger charge is -2.27. The van der Waals surface area contributed by atoms with Crippen LogP contribution in [0.5, 0.6) is 11.5 Å². The number of carbonyl (C=O) groups is 1. The number of aromatic nitrogens is 1. The van der Waals surface area contributed by atoms with Crippen molar-refractivity contribution in [2.24, 2.45) is 0 Å². The smallest absolute Gasteiger partial charge is 0.257 e. The number of likely N-dealkylation sites (tertiary alicyclic amines) is 1. The van der Waals surface area contributed by atoms with Crippen molar-refractivity contribution in [3.05, 3.63) is 69.6 Å². The fraction of sp³-hybridized carbons (Fsp3) is 0.308. The second-order valence-corrected chi connectivity index (χ2v) is 9.18. The van der Waals surface area contributed by atoms with Gasteiger partial charge in [-0.2, -0.15) is 0 Å². The predicted octanol–water partition coefficient (Wildman–Crippen LogP) is 6.55. The van der Waals surface area contributed by atoms with E-state index in [1.807, 2.05) is 11.0 Å². The minimum absolute atomic E-state index is 0.0368. The first-order chi connectivity index (χ1) is 16.8. The number of halogens is 3. The highest BCUT2D eigenvalue weighted by Crippen LogP contribution is 2.37. The molecule has 35 heavy (non-hydrogen) atoms. The second kappa shape index (κ2) is 10.7. The van der Waals surface area contributed by atoms with E-state index in [2.05, 4.69) is 4.98 Å². The minimum atomic E-state index is -0.691. The maximum absolute atomic E-state index is 14.0. The average Bonchev–Trinajstić information content (AvgIpc) is 2.87. The number of nitrogens with two attached hydrogens (primary N) is 1. The van der Waals surface area contributed by atoms with Crippen LogP contribution in [0.25, 0.3) is 11.1 Å². The molecule has 3 aromatic rings. The summed E-state index contributed by atoms with van der Waals surface area (Å²) in [4.78, 5) is 19.1. The first-order valence-electron chi connectivity index (χ1n) is 11.3. The summed E-state index contributed by atoms with van der Waals surface area (Å²) in [7, 11) is 1.54. The van der Waals surface area contributed by atoms with E-state index in [0.29, 0.717) is 28.2 Å². The molecule has 4 rings (SSSR count). The van der Waals surface area contributed by atoms with Crippen molar-refractivity contribution in [2.75, 3.05) is 25.9 Å². The Balaban J connectivity index is 1.62. The molecule has 2 aromatic carbocycles. The maximum atomic E-state index is 14.0. The molecule has 9 heteroatoms. The zero-order valence-corrected chi connectivity index (χ0v) is 21.0. The topological polar surface area (TPSA) is 77.7 Å². The van der Waals surface area contributed by atoms with Crippen LogP contribution in [-0.2, 0) is 0 Å². The molecule has 2 N–H and O–H groups in total. The van der Waals surface area contributed by atoms with Crippen LogP contribution in [0.2, 0.25) is 10.0 Å². The van der Waals surface area contributed by atoms with Crippen LogP contribution >= 0.6 is 23.2 Å². The number of benzene rings is 2. The molecule has 2 heterocycles. The predicted molar refractivity (Wildman–Crippen MR) is 136 cm³/mol. The summed E-state index contributed by atoms with van der Waals surface area (Å²) in [6.07, 6.45) is 4.08. The Morgan fingerprint density at radius 1 is 1.09 bits per heavy atom. The molecule has 1 unspecified atom stereocenters. The molecule has 0 saturated carbocycles. The average molecular weight is 518 g/mol. The normalized spacial score (nSPS) is 14.5. The molecule has 0 aliphatic carbocycles. The standard InChI is InChI=1S/C26H26Cl2FN3O3/c1-15(23-19(27)8-9-20(29)24(23)28)35-22-13-17(14-31-25(22)30)16-6-7-18(21(12-16)34-2)26(33)32-10-4-3-5-11-32/h6-9,12-15H,3-5,10-11H2,1-2H3,(H2,30,31). The van der Waals surface area contributed by atoms with Crippen LogP contribution in [-0.4, -0.2) is 36.0 Å². The number of ether oxygens (including phenoxy) is 2. The zero-order valence-electron chi connectivity index (χ0n) is 19.5. The number of nitrogen functional groups attached to an aromatic ring is 1. The van der Waals surface area contributed by atoms with E-state index in [1.54, 1.807) is 31.3 Å². The summed E-state index contributed by atoms with van der Waals surface area (Å²) in [6.45, 7) is 3.20. The lowest BCUT2D eigenvalue weighted by Crippen LogP contribution is -2.35. The highest BCUT2D eigenvalue weighted by Gasteiger charge is 2.23. The number of rotatable bonds is 6. The Kier molecular flexibility index (Phi) is 7.67. The lowest BCUT2D eigenvalue weighted by molar-refractivity contribution is 0.0721. The van der Waals surface area contributed by atoms with E-state index in [9.17, 15) is 9.18 Å². The van der Waals surface area contributed by atoms with Crippen molar-refractivity contribution in [1.29, 1.82) is 0 Å². The third-order valence-corrected chi connectivity index (χ3v) is 6.79. The van der Waals surface area contributed by atoms with Crippen molar-refractivity contribution in [3.8, 4) is 22.6 Å². The van der Waals surface area contributed by atoms with Crippen LogP contribution in [0.4, 0.5) is 10.2 Å². The fourth-order valence-corrected chi connectivity index (χ4v) is 4.86. The van der Waals surface area contributed by atoms with Gasteiger partial charge in [0.25, 0.3) is 5.91 Å². The molecule has 0 spiro atoms. The molecule has 1 saturated heterocycles. The first kappa shape index (κ1) is 25.1. The monoisotopic (exact) mass is 517 g/mol. The van der Waals surface area contributed by atoms with Gasteiger partial charge in [-0.3, -0.25) is 4.79 Å². The quantitative estimate of drug-likeness (QED) is 0.375. The van der Waals surface area contributed by atoms with E-state index in [1.165, 1.54) is 19.2 Å². The Hall–Kier alpha value is -3.03. The molecule has 0 bridgehead atoms. The van der Waals surface area contributed by atoms with Crippen molar-refractivity contribution < 1.29 is 18.7 Å². The number of pyridine rings is 1. The van der Waals surface area contributed by atoms with Gasteiger partial charge in [0, 0.05) is 35.4 Å². The van der Waals surface area contributed by atoms with E-state index in [0.717, 1.165) is 37.9 Å². The lowest BCUT2D eigenvalue weighted by atomic mass is 10.0. The Morgan fingerprint density at radius 3 is 2.51 bits per heavy atom. The molecule has 0 radical (unpaired) electrons. The molecule has 184 valence electrons. The number of anilines is 1.